The summed E-state index contributed by atoms with van der Waals surface area (Å²) in [6, 6.07) is 7.33. The van der Waals surface area contributed by atoms with Crippen molar-refractivity contribution in [2.24, 2.45) is 0 Å². The van der Waals surface area contributed by atoms with Crippen molar-refractivity contribution in [3.63, 3.8) is 0 Å². The van der Waals surface area contributed by atoms with E-state index in [0.717, 1.165) is 23.3 Å². The van der Waals surface area contributed by atoms with Gasteiger partial charge >= 0.3 is 12.1 Å². The quantitative estimate of drug-likeness (QED) is 0.256. The first-order chi connectivity index (χ1) is 19.9. The van der Waals surface area contributed by atoms with Gasteiger partial charge < -0.3 is 19.5 Å². The average molecular weight is 581 g/mol. The summed E-state index contributed by atoms with van der Waals surface area (Å²) in [5.74, 6) is 4.96. The topological polar surface area (TPSA) is 79.3 Å². The van der Waals surface area contributed by atoms with E-state index in [1.54, 1.807) is 13.1 Å². The number of amides is 1. The molecule has 2 heterocycles. The third-order valence-electron chi connectivity index (χ3n) is 9.49. The smallest absolute Gasteiger partial charge is 0.416 e. The van der Waals surface area contributed by atoms with Crippen molar-refractivity contribution in [1.82, 2.24) is 9.80 Å². The number of aliphatic hydroxyl groups is 1. The molecule has 1 saturated carbocycles. The molecule has 0 unspecified atom stereocenters. The van der Waals surface area contributed by atoms with Crippen molar-refractivity contribution in [3.05, 3.63) is 71.3 Å². The van der Waals surface area contributed by atoms with E-state index in [1.165, 1.54) is 24.0 Å². The van der Waals surface area contributed by atoms with Gasteiger partial charge in [-0.2, -0.15) is 13.2 Å². The zero-order valence-electron chi connectivity index (χ0n) is 23.3. The molecule has 4 aliphatic rings. The van der Waals surface area contributed by atoms with Crippen molar-refractivity contribution in [2.75, 3.05) is 20.1 Å². The Labute approximate surface area is 241 Å². The number of carbonyl (C=O) groups is 2. The second-order valence-corrected chi connectivity index (χ2v) is 11.6. The second-order valence-electron chi connectivity index (χ2n) is 11.6. The SMILES string of the molecule is C=CCN1CC[C@]23c4c5ccc(OC(C)=O)c4O[C@H]2[C@H](N(C)C(=O)C#Cc2ccc(C(F)(F)F)cc2)CC[C@@]3(O)[C@H]1C5. The standard InChI is InChI=1S/C32H31F3N2O5/c1-4-16-37-17-15-30-27-21-8-11-24(41-19(2)38)28(27)42-29(30)23(13-14-31(30,40)25(37)18-21)36(3)26(39)12-7-20-5-9-22(10-6-20)32(33,34)35/h4-6,8-11,23,25,29,40H,1,13-18H2,2-3H3/t23-,25-,29+,30+,31-/m1/s1. The van der Waals surface area contributed by atoms with Gasteiger partial charge in [-0.15, -0.1) is 6.58 Å². The van der Waals surface area contributed by atoms with Crippen molar-refractivity contribution in [1.29, 1.82) is 0 Å². The van der Waals surface area contributed by atoms with Gasteiger partial charge in [0, 0.05) is 43.6 Å². The molecule has 42 heavy (non-hydrogen) atoms. The van der Waals surface area contributed by atoms with E-state index in [1.807, 2.05) is 12.1 Å². The lowest BCUT2D eigenvalue weighted by Crippen LogP contribution is -2.78. The van der Waals surface area contributed by atoms with Crippen LogP contribution < -0.4 is 9.47 Å². The minimum atomic E-state index is -4.46. The van der Waals surface area contributed by atoms with Crippen LogP contribution in [-0.4, -0.2) is 70.7 Å². The van der Waals surface area contributed by atoms with Crippen LogP contribution in [0.2, 0.25) is 0 Å². The molecule has 0 aromatic heterocycles. The first-order valence-corrected chi connectivity index (χ1v) is 14.0. The van der Waals surface area contributed by atoms with Crippen LogP contribution in [0.15, 0.2) is 49.1 Å². The summed E-state index contributed by atoms with van der Waals surface area (Å²) in [4.78, 5) is 29.0. The third-order valence-corrected chi connectivity index (χ3v) is 9.49. The van der Waals surface area contributed by atoms with Gasteiger partial charge in [0.1, 0.15) is 6.10 Å². The number of nitrogens with zero attached hydrogens (tertiary/aromatic N) is 2. The molecule has 2 aliphatic carbocycles. The highest BCUT2D eigenvalue weighted by Gasteiger charge is 2.73. The lowest BCUT2D eigenvalue weighted by atomic mass is 9.48. The number of alkyl halides is 3. The highest BCUT2D eigenvalue weighted by Crippen LogP contribution is 2.65. The molecule has 1 spiro atoms. The van der Waals surface area contributed by atoms with Crippen LogP contribution in [0.1, 0.15) is 48.4 Å². The molecular weight excluding hydrogens is 549 g/mol. The zero-order chi connectivity index (χ0) is 30.0. The summed E-state index contributed by atoms with van der Waals surface area (Å²) in [6.07, 6.45) is -1.23. The molecule has 2 fully saturated rings. The maximum Gasteiger partial charge on any atom is 0.416 e. The Bertz CT molecular complexity index is 1530. The molecule has 7 nitrogen and oxygen atoms in total. The predicted octanol–water partition coefficient (Wildman–Crippen LogP) is 3.85. The number of benzene rings is 2. The van der Waals surface area contributed by atoms with E-state index in [9.17, 15) is 27.9 Å². The molecule has 1 saturated heterocycles. The molecule has 10 heteroatoms. The maximum absolute atomic E-state index is 13.3. The van der Waals surface area contributed by atoms with Crippen molar-refractivity contribution < 1.29 is 37.3 Å². The minimum absolute atomic E-state index is 0.185. The van der Waals surface area contributed by atoms with Crippen LogP contribution >= 0.6 is 0 Å². The Morgan fingerprint density at radius 2 is 1.98 bits per heavy atom. The summed E-state index contributed by atoms with van der Waals surface area (Å²) in [5.41, 5.74) is -0.634. The highest BCUT2D eigenvalue weighted by atomic mass is 19.4. The van der Waals surface area contributed by atoms with E-state index >= 15 is 0 Å². The number of halogens is 3. The predicted molar refractivity (Wildman–Crippen MR) is 147 cm³/mol. The number of esters is 1. The van der Waals surface area contributed by atoms with Crippen LogP contribution in [-0.2, 0) is 27.6 Å². The van der Waals surface area contributed by atoms with Gasteiger partial charge in [-0.1, -0.05) is 18.1 Å². The molecule has 220 valence electrons. The monoisotopic (exact) mass is 580 g/mol. The molecule has 5 atom stereocenters. The number of hydrogen-bond acceptors (Lipinski definition) is 6. The number of likely N-dealkylation sites (N-methyl/N-ethyl adjacent to an activating group) is 1. The van der Waals surface area contributed by atoms with Gasteiger partial charge in [-0.05, 0) is 68.1 Å². The molecule has 0 radical (unpaired) electrons. The molecular formula is C32H31F3N2O5. The van der Waals surface area contributed by atoms with Gasteiger partial charge in [0.2, 0.25) is 0 Å². The van der Waals surface area contributed by atoms with Gasteiger partial charge in [-0.25, -0.2) is 0 Å². The summed E-state index contributed by atoms with van der Waals surface area (Å²) in [6.45, 7) is 6.53. The van der Waals surface area contributed by atoms with Crippen LogP contribution in [0.5, 0.6) is 11.5 Å². The Morgan fingerprint density at radius 1 is 1.24 bits per heavy atom. The van der Waals surface area contributed by atoms with Crippen LogP contribution in [0.3, 0.4) is 0 Å². The van der Waals surface area contributed by atoms with E-state index in [-0.39, 0.29) is 17.4 Å². The summed E-state index contributed by atoms with van der Waals surface area (Å²) in [7, 11) is 1.63. The number of hydrogen-bond donors (Lipinski definition) is 1. The van der Waals surface area contributed by atoms with Crippen LogP contribution in [0.25, 0.3) is 0 Å². The first kappa shape index (κ1) is 28.3. The molecule has 2 aromatic carbocycles. The van der Waals surface area contributed by atoms with E-state index in [4.69, 9.17) is 9.47 Å². The van der Waals surface area contributed by atoms with Crippen LogP contribution in [0.4, 0.5) is 13.2 Å². The van der Waals surface area contributed by atoms with Gasteiger partial charge in [0.05, 0.1) is 22.6 Å². The summed E-state index contributed by atoms with van der Waals surface area (Å²) < 4.78 is 50.9. The normalized spacial score (nSPS) is 29.0. The third kappa shape index (κ3) is 4.13. The van der Waals surface area contributed by atoms with Gasteiger partial charge in [0.25, 0.3) is 5.91 Å². The lowest BCUT2D eigenvalue weighted by molar-refractivity contribution is -0.197. The van der Waals surface area contributed by atoms with Gasteiger partial charge in [0.15, 0.2) is 11.5 Å². The fourth-order valence-electron chi connectivity index (χ4n) is 7.72. The molecule has 1 amide bonds. The van der Waals surface area contributed by atoms with E-state index in [0.29, 0.717) is 44.5 Å². The fourth-order valence-corrected chi connectivity index (χ4v) is 7.72. The largest absolute Gasteiger partial charge is 0.483 e. The Hall–Kier alpha value is -3.81. The molecule has 1 N–H and O–H groups in total. The maximum atomic E-state index is 13.3. The van der Waals surface area contributed by atoms with E-state index in [2.05, 4.69) is 23.3 Å². The van der Waals surface area contributed by atoms with Crippen molar-refractivity contribution in [3.8, 4) is 23.3 Å². The fraction of sp³-hybridized carbons (Fsp3) is 0.438. The minimum Gasteiger partial charge on any atom is -0.483 e. The number of piperidine rings is 1. The number of rotatable bonds is 4. The summed E-state index contributed by atoms with van der Waals surface area (Å²) >= 11 is 0. The highest BCUT2D eigenvalue weighted by molar-refractivity contribution is 5.94. The lowest BCUT2D eigenvalue weighted by Gasteiger charge is -2.64. The summed E-state index contributed by atoms with van der Waals surface area (Å²) in [5, 5.41) is 12.6. The number of carbonyl (C=O) groups excluding carboxylic acids is 2. The van der Waals surface area contributed by atoms with Gasteiger partial charge in [-0.3, -0.25) is 14.5 Å². The second kappa shape index (κ2) is 9.89. The Kier molecular flexibility index (Phi) is 6.67. The Balaban J connectivity index is 1.36. The van der Waals surface area contributed by atoms with Crippen molar-refractivity contribution in [2.45, 2.75) is 68.0 Å². The Morgan fingerprint density at radius 3 is 2.64 bits per heavy atom. The first-order valence-electron chi connectivity index (χ1n) is 14.0. The van der Waals surface area contributed by atoms with Crippen LogP contribution in [0, 0.1) is 11.8 Å². The average Bonchev–Trinajstić information content (AvgIpc) is 3.29. The molecule has 6 rings (SSSR count). The molecule has 2 bridgehead atoms. The number of likely N-dealkylation sites (tertiary alicyclic amines) is 1. The molecule has 2 aliphatic heterocycles. The zero-order valence-corrected chi connectivity index (χ0v) is 23.3. The van der Waals surface area contributed by atoms with E-state index < -0.39 is 46.8 Å². The van der Waals surface area contributed by atoms with Crippen molar-refractivity contribution >= 4 is 11.9 Å². The number of ether oxygens (including phenoxy) is 2. The molecule has 2 aromatic rings.